The van der Waals surface area contributed by atoms with Crippen LogP contribution in [0.5, 0.6) is 0 Å². The van der Waals surface area contributed by atoms with E-state index in [0.717, 1.165) is 13.1 Å². The van der Waals surface area contributed by atoms with Gasteiger partial charge in [0.2, 0.25) is 0 Å². The minimum atomic E-state index is 0.617. The molecule has 0 N–H and O–H groups in total. The lowest BCUT2D eigenvalue weighted by Gasteiger charge is -2.19. The van der Waals surface area contributed by atoms with Crippen molar-refractivity contribution in [3.05, 3.63) is 53.9 Å². The summed E-state index contributed by atoms with van der Waals surface area (Å²) in [5, 5.41) is 0. The van der Waals surface area contributed by atoms with E-state index >= 15 is 0 Å². The first kappa shape index (κ1) is 13.6. The predicted octanol–water partition coefficient (Wildman–Crippen LogP) is 4.22. The van der Waals surface area contributed by atoms with Gasteiger partial charge < -0.3 is 4.90 Å². The molecule has 1 saturated heterocycles. The topological polar surface area (TPSA) is 3.24 Å². The Bertz CT molecular complexity index is 374. The van der Waals surface area contributed by atoms with Gasteiger partial charge in [0.1, 0.15) is 0 Å². The summed E-state index contributed by atoms with van der Waals surface area (Å²) in [6.45, 7) is 12.2. The molecule has 0 aromatic heterocycles. The highest BCUT2D eigenvalue weighted by atomic mass is 15.2. The number of benzene rings is 1. The summed E-state index contributed by atoms with van der Waals surface area (Å²) in [7, 11) is 0. The summed E-state index contributed by atoms with van der Waals surface area (Å²) in [6, 6.07) is 10.6. The Morgan fingerprint density at radius 2 is 1.94 bits per heavy atom. The third kappa shape index (κ3) is 3.51. The third-order valence-electron chi connectivity index (χ3n) is 3.04. The van der Waals surface area contributed by atoms with Gasteiger partial charge in [0, 0.05) is 19.0 Å². The van der Waals surface area contributed by atoms with Gasteiger partial charge >= 0.3 is 0 Å². The maximum absolute atomic E-state index is 3.78. The minimum absolute atomic E-state index is 0.617. The molecule has 1 unspecified atom stereocenters. The van der Waals surface area contributed by atoms with Gasteiger partial charge in [0.05, 0.1) is 5.70 Å². The average molecular weight is 229 g/mol. The van der Waals surface area contributed by atoms with Gasteiger partial charge in [-0.3, -0.25) is 0 Å². The van der Waals surface area contributed by atoms with Crippen LogP contribution in [0.4, 0.5) is 0 Å². The third-order valence-corrected chi connectivity index (χ3v) is 3.04. The fourth-order valence-corrected chi connectivity index (χ4v) is 2.17. The number of hydrogen-bond donors (Lipinski definition) is 0. The highest BCUT2D eigenvalue weighted by molar-refractivity contribution is 5.17. The summed E-state index contributed by atoms with van der Waals surface area (Å²) < 4.78 is 0. The van der Waals surface area contributed by atoms with Crippen LogP contribution in [0.2, 0.25) is 0 Å². The molecule has 0 spiro atoms. The molecule has 0 amide bonds. The molecule has 0 aliphatic carbocycles. The van der Waals surface area contributed by atoms with Crippen molar-refractivity contribution in [3.8, 4) is 0 Å². The van der Waals surface area contributed by atoms with Gasteiger partial charge in [0.15, 0.2) is 0 Å². The first-order valence-electron chi connectivity index (χ1n) is 6.50. The van der Waals surface area contributed by atoms with Crippen molar-refractivity contribution in [1.82, 2.24) is 4.90 Å². The van der Waals surface area contributed by atoms with Gasteiger partial charge in [-0.15, -0.1) is 5.73 Å². The zero-order valence-electron chi connectivity index (χ0n) is 11.2. The van der Waals surface area contributed by atoms with E-state index in [2.05, 4.69) is 54.5 Å². The zero-order chi connectivity index (χ0) is 12.7. The van der Waals surface area contributed by atoms with Crippen LogP contribution in [-0.2, 0) is 6.54 Å². The fourth-order valence-electron chi connectivity index (χ4n) is 2.17. The lowest BCUT2D eigenvalue weighted by atomic mass is 10.1. The molecule has 1 atom stereocenters. The Balaban J connectivity index is 0.000000686. The Morgan fingerprint density at radius 3 is 2.53 bits per heavy atom. The number of hydrogen-bond acceptors (Lipinski definition) is 1. The average Bonchev–Trinajstić information content (AvgIpc) is 2.73. The molecule has 17 heavy (non-hydrogen) atoms. The first-order valence-corrected chi connectivity index (χ1v) is 6.50. The van der Waals surface area contributed by atoms with Gasteiger partial charge in [-0.25, -0.2) is 0 Å². The van der Waals surface area contributed by atoms with Crippen LogP contribution in [0.1, 0.15) is 32.8 Å². The minimum Gasteiger partial charge on any atom is -0.364 e. The quantitative estimate of drug-likeness (QED) is 0.686. The van der Waals surface area contributed by atoms with Crippen LogP contribution in [0.15, 0.2) is 48.3 Å². The van der Waals surface area contributed by atoms with Crippen molar-refractivity contribution in [2.75, 3.05) is 6.54 Å². The monoisotopic (exact) mass is 229 g/mol. The van der Waals surface area contributed by atoms with Gasteiger partial charge in [-0.2, -0.15) is 0 Å². The largest absolute Gasteiger partial charge is 0.364 e. The van der Waals surface area contributed by atoms with Crippen molar-refractivity contribution in [1.29, 1.82) is 0 Å². The number of nitrogens with zero attached hydrogens (tertiary/aromatic N) is 1. The van der Waals surface area contributed by atoms with Crippen LogP contribution in [0.25, 0.3) is 0 Å². The second-order valence-corrected chi connectivity index (χ2v) is 4.16. The number of allylic oxidation sites excluding steroid dienone is 1. The summed E-state index contributed by atoms with van der Waals surface area (Å²) in [6.07, 6.45) is 1.23. The molecule has 1 fully saturated rings. The predicted molar refractivity (Wildman–Crippen MR) is 74.6 cm³/mol. The van der Waals surface area contributed by atoms with Crippen LogP contribution in [-0.4, -0.2) is 11.4 Å². The van der Waals surface area contributed by atoms with E-state index in [1.165, 1.54) is 17.7 Å². The number of likely N-dealkylation sites (tertiary alicyclic amines) is 1. The highest BCUT2D eigenvalue weighted by Crippen LogP contribution is 2.27. The molecular formula is C16H23N. The molecule has 0 bridgehead atoms. The Kier molecular flexibility index (Phi) is 5.59. The summed E-state index contributed by atoms with van der Waals surface area (Å²) in [4.78, 5) is 2.38. The van der Waals surface area contributed by atoms with Crippen LogP contribution < -0.4 is 0 Å². The molecular weight excluding hydrogens is 206 g/mol. The smallest absolute Gasteiger partial charge is 0.0590 e. The van der Waals surface area contributed by atoms with Crippen molar-refractivity contribution in [2.45, 2.75) is 33.7 Å². The number of rotatable bonds is 2. The first-order chi connectivity index (χ1) is 8.31. The molecule has 0 radical (unpaired) electrons. The molecule has 1 heteroatoms. The molecule has 1 aromatic rings. The maximum atomic E-state index is 3.78. The summed E-state index contributed by atoms with van der Waals surface area (Å²) in [5.74, 6) is 0.617. The molecule has 2 rings (SSSR count). The summed E-state index contributed by atoms with van der Waals surface area (Å²) >= 11 is 0. The Hall–Kier alpha value is -1.46. The van der Waals surface area contributed by atoms with Crippen molar-refractivity contribution in [3.63, 3.8) is 0 Å². The Labute approximate surface area is 105 Å². The zero-order valence-corrected chi connectivity index (χ0v) is 11.2. The van der Waals surface area contributed by atoms with Gasteiger partial charge in [0.25, 0.3) is 0 Å². The maximum Gasteiger partial charge on any atom is 0.0590 e. The molecule has 1 heterocycles. The van der Waals surface area contributed by atoms with E-state index in [-0.39, 0.29) is 0 Å². The van der Waals surface area contributed by atoms with Crippen molar-refractivity contribution >= 4 is 0 Å². The van der Waals surface area contributed by atoms with Crippen LogP contribution in [0, 0.1) is 5.92 Å². The molecule has 1 nitrogen and oxygen atoms in total. The van der Waals surface area contributed by atoms with Crippen LogP contribution in [0.3, 0.4) is 0 Å². The molecule has 92 valence electrons. The molecule has 1 aliphatic rings. The van der Waals surface area contributed by atoms with E-state index in [9.17, 15) is 0 Å². The van der Waals surface area contributed by atoms with E-state index < -0.39 is 0 Å². The molecule has 0 saturated carbocycles. The second-order valence-electron chi connectivity index (χ2n) is 4.16. The Morgan fingerprint density at radius 1 is 1.29 bits per heavy atom. The fraction of sp³-hybridized carbons (Fsp3) is 0.438. The molecule has 1 aromatic carbocycles. The van der Waals surface area contributed by atoms with Crippen molar-refractivity contribution in [2.24, 2.45) is 5.92 Å². The highest BCUT2D eigenvalue weighted by Gasteiger charge is 2.23. The van der Waals surface area contributed by atoms with Gasteiger partial charge in [-0.1, -0.05) is 57.7 Å². The SMILES string of the molecule is C=C=C1C(C)CCN1Cc1ccccc1.CC. The van der Waals surface area contributed by atoms with E-state index in [1.54, 1.807) is 0 Å². The molecule has 1 aliphatic heterocycles. The summed E-state index contributed by atoms with van der Waals surface area (Å²) in [5.41, 5.74) is 5.71. The lowest BCUT2D eigenvalue weighted by molar-refractivity contribution is 0.384. The van der Waals surface area contributed by atoms with Crippen molar-refractivity contribution < 1.29 is 0 Å². The van der Waals surface area contributed by atoms with E-state index in [0.29, 0.717) is 5.92 Å². The van der Waals surface area contributed by atoms with E-state index in [4.69, 9.17) is 0 Å². The standard InChI is InChI=1S/C14H17N.C2H6/c1-3-14-12(2)9-10-15(14)11-13-7-5-4-6-8-13;1-2/h4-8,12H,1,9-11H2,2H3;1-2H3. The van der Waals surface area contributed by atoms with Crippen LogP contribution >= 0.6 is 0 Å². The normalized spacial score (nSPS) is 18.4. The van der Waals surface area contributed by atoms with Gasteiger partial charge in [-0.05, 0) is 12.0 Å². The lowest BCUT2D eigenvalue weighted by Crippen LogP contribution is -2.17. The van der Waals surface area contributed by atoms with E-state index in [1.807, 2.05) is 13.8 Å². The second kappa shape index (κ2) is 6.98.